The van der Waals surface area contributed by atoms with Crippen LogP contribution in [-0.4, -0.2) is 130 Å². The molecule has 3 aliphatic heterocycles. The van der Waals surface area contributed by atoms with Gasteiger partial charge < -0.3 is 30.3 Å². The van der Waals surface area contributed by atoms with Crippen LogP contribution >= 0.6 is 11.6 Å². The van der Waals surface area contributed by atoms with Gasteiger partial charge in [-0.3, -0.25) is 28.8 Å². The number of nitrogens with one attached hydrogen (secondary N) is 2. The number of aromatic nitrogens is 3. The molecule has 5 aromatic rings. The number of amides is 2. The molecule has 0 spiro atoms. The maximum absolute atomic E-state index is 14.3. The van der Waals surface area contributed by atoms with Crippen LogP contribution in [0.4, 0.5) is 0 Å². The highest BCUT2D eigenvalue weighted by Crippen LogP contribution is 2.41. The Hall–Kier alpha value is -4.92. The number of benzene rings is 3. The molecule has 2 atom stereocenters. The highest BCUT2D eigenvalue weighted by molar-refractivity contribution is 6.35. The lowest BCUT2D eigenvalue weighted by molar-refractivity contribution is -0.142. The molecule has 1 saturated carbocycles. The number of likely N-dealkylation sites (tertiary alicyclic amines) is 2. The van der Waals surface area contributed by atoms with Gasteiger partial charge in [0.15, 0.2) is 0 Å². The van der Waals surface area contributed by atoms with Crippen LogP contribution in [0, 0.1) is 5.92 Å². The monoisotopic (exact) mass is 876 g/mol. The average molecular weight is 878 g/mol. The molecule has 0 radical (unpaired) electrons. The average Bonchev–Trinajstić information content (AvgIpc) is 4.17. The molecule has 63 heavy (non-hydrogen) atoms. The number of fused-ring (bicyclic) bond motifs is 2. The second-order valence-corrected chi connectivity index (χ2v) is 17.8. The first-order valence-electron chi connectivity index (χ1n) is 22.9. The third-order valence-corrected chi connectivity index (χ3v) is 13.5. The summed E-state index contributed by atoms with van der Waals surface area (Å²) >= 11 is 6.55. The zero-order valence-corrected chi connectivity index (χ0v) is 37.4. The molecule has 4 fully saturated rings. The van der Waals surface area contributed by atoms with Gasteiger partial charge in [0, 0.05) is 106 Å². The van der Waals surface area contributed by atoms with E-state index in [0.29, 0.717) is 91.7 Å². The third-order valence-electron chi connectivity index (χ3n) is 13.1. The fourth-order valence-electron chi connectivity index (χ4n) is 9.34. The van der Waals surface area contributed by atoms with Crippen molar-refractivity contribution in [2.45, 2.75) is 69.9 Å². The van der Waals surface area contributed by atoms with E-state index in [0.717, 1.165) is 74.3 Å². The summed E-state index contributed by atoms with van der Waals surface area (Å²) in [5, 5.41) is 20.2. The number of piperidine rings is 2. The number of halogens is 1. The highest BCUT2D eigenvalue weighted by atomic mass is 35.5. The summed E-state index contributed by atoms with van der Waals surface area (Å²) in [4.78, 5) is 57.1. The maximum Gasteiger partial charge on any atom is 0.261 e. The first-order chi connectivity index (χ1) is 30.7. The molecule has 2 unspecified atom stereocenters. The Morgan fingerprint density at radius 1 is 0.889 bits per heavy atom. The van der Waals surface area contributed by atoms with Crippen LogP contribution in [0.1, 0.15) is 79.4 Å². The number of ether oxygens (including phenoxy) is 1. The summed E-state index contributed by atoms with van der Waals surface area (Å²) in [5.41, 5.74) is 2.62. The van der Waals surface area contributed by atoms with E-state index in [-0.39, 0.29) is 35.8 Å². The van der Waals surface area contributed by atoms with Crippen molar-refractivity contribution in [1.82, 2.24) is 39.9 Å². The van der Waals surface area contributed by atoms with Gasteiger partial charge in [0.25, 0.3) is 11.5 Å². The molecule has 1 aliphatic carbocycles. The van der Waals surface area contributed by atoms with Crippen molar-refractivity contribution >= 4 is 45.2 Å². The smallest absolute Gasteiger partial charge is 0.261 e. The minimum atomic E-state index is -1.15. The van der Waals surface area contributed by atoms with Crippen LogP contribution in [0.15, 0.2) is 83.9 Å². The zero-order chi connectivity index (χ0) is 43.9. The largest absolute Gasteiger partial charge is 0.492 e. The van der Waals surface area contributed by atoms with E-state index in [1.807, 2.05) is 61.2 Å². The SMILES string of the molecule is CC.O=C(NCCN1CCC(C(=O)N2CCC(O)(Cn3cnc4cc(OCCN5CCNCC5)ccc4c3=O)CC2)C(c2ccccc2)C1)c1ccc2c(Cl)cc(C3CC3)nc2c1. The van der Waals surface area contributed by atoms with Crippen molar-refractivity contribution in [3.05, 3.63) is 111 Å². The predicted molar refractivity (Wildman–Crippen MR) is 248 cm³/mol. The Morgan fingerprint density at radius 3 is 2.41 bits per heavy atom. The quantitative estimate of drug-likeness (QED) is 0.135. The van der Waals surface area contributed by atoms with Gasteiger partial charge in [-0.1, -0.05) is 61.8 Å². The number of pyridine rings is 1. The number of hydrogen-bond donors (Lipinski definition) is 3. The Balaban J connectivity index is 0.00000268. The number of aliphatic hydroxyl groups is 1. The van der Waals surface area contributed by atoms with E-state index in [4.69, 9.17) is 21.3 Å². The lowest BCUT2D eigenvalue weighted by Crippen LogP contribution is -2.53. The second-order valence-electron chi connectivity index (χ2n) is 17.4. The molecule has 0 bridgehead atoms. The summed E-state index contributed by atoms with van der Waals surface area (Å²) in [6.45, 7) is 12.9. The second kappa shape index (κ2) is 20.3. The predicted octanol–water partition coefficient (Wildman–Crippen LogP) is 5.67. The summed E-state index contributed by atoms with van der Waals surface area (Å²) < 4.78 is 7.48. The Morgan fingerprint density at radius 2 is 1.65 bits per heavy atom. The van der Waals surface area contributed by atoms with Crippen LogP contribution in [0.25, 0.3) is 21.8 Å². The Labute approximate surface area is 374 Å². The molecule has 3 aromatic carbocycles. The number of carbonyl (C=O) groups is 2. The van der Waals surface area contributed by atoms with Gasteiger partial charge in [0.1, 0.15) is 12.4 Å². The molecule has 13 nitrogen and oxygen atoms in total. The number of nitrogens with zero attached hydrogens (tertiary/aromatic N) is 6. The maximum atomic E-state index is 14.3. The minimum absolute atomic E-state index is 0.0173. The topological polar surface area (TPSA) is 145 Å². The van der Waals surface area contributed by atoms with Crippen molar-refractivity contribution in [2.24, 2.45) is 5.92 Å². The molecule has 334 valence electrons. The molecule has 9 rings (SSSR count). The first kappa shape index (κ1) is 44.7. The van der Waals surface area contributed by atoms with E-state index in [2.05, 4.69) is 37.6 Å². The molecular weight excluding hydrogens is 816 g/mol. The van der Waals surface area contributed by atoms with Gasteiger partial charge in [0.05, 0.1) is 39.9 Å². The third kappa shape index (κ3) is 10.7. The fraction of sp³-hybridized carbons (Fsp3) is 0.490. The molecule has 14 heteroatoms. The van der Waals surface area contributed by atoms with Crippen molar-refractivity contribution < 1.29 is 19.4 Å². The number of piperazine rings is 1. The molecule has 4 aliphatic rings. The van der Waals surface area contributed by atoms with Crippen molar-refractivity contribution in [3.8, 4) is 5.75 Å². The Bertz CT molecular complexity index is 2430. The van der Waals surface area contributed by atoms with Gasteiger partial charge >= 0.3 is 0 Å². The van der Waals surface area contributed by atoms with Crippen LogP contribution < -0.4 is 20.9 Å². The molecule has 3 N–H and O–H groups in total. The Kier molecular flexibility index (Phi) is 14.4. The van der Waals surface area contributed by atoms with E-state index >= 15 is 0 Å². The van der Waals surface area contributed by atoms with E-state index in [9.17, 15) is 19.5 Å². The number of rotatable bonds is 13. The summed E-state index contributed by atoms with van der Waals surface area (Å²) in [7, 11) is 0. The summed E-state index contributed by atoms with van der Waals surface area (Å²) in [6, 6.07) is 23.0. The van der Waals surface area contributed by atoms with Gasteiger partial charge in [0.2, 0.25) is 5.91 Å². The van der Waals surface area contributed by atoms with Crippen molar-refractivity contribution in [2.75, 3.05) is 78.6 Å². The minimum Gasteiger partial charge on any atom is -0.492 e. The standard InChI is InChI=1S/C47H55ClN8O5.C2H6/c48-40-28-41(33-6-7-33)52-43-26-34(8-10-37(40)43)44(57)50-17-23-54-18-12-36(39(29-54)32-4-2-1-3-5-32)45(58)55-19-13-47(60,14-20-55)30-56-31-51-42-27-35(9-11-38(42)46(56)59)61-25-24-53-21-15-49-16-22-53;1-2/h1-5,8-11,26-28,31,33,36,39,49,60H,6-7,12-25,29-30H2,(H,50,57);1-2H3. The van der Waals surface area contributed by atoms with Crippen LogP contribution in [-0.2, 0) is 11.3 Å². The number of carbonyl (C=O) groups excluding carboxylic acids is 2. The number of hydrogen-bond acceptors (Lipinski definition) is 10. The fourth-order valence-corrected chi connectivity index (χ4v) is 9.61. The van der Waals surface area contributed by atoms with Crippen LogP contribution in [0.5, 0.6) is 5.75 Å². The molecule has 2 aromatic heterocycles. The van der Waals surface area contributed by atoms with Gasteiger partial charge in [-0.25, -0.2) is 4.98 Å². The first-order valence-corrected chi connectivity index (χ1v) is 23.3. The van der Waals surface area contributed by atoms with Crippen LogP contribution in [0.2, 0.25) is 5.02 Å². The van der Waals surface area contributed by atoms with E-state index in [1.165, 1.54) is 10.9 Å². The summed E-state index contributed by atoms with van der Waals surface area (Å²) in [6.07, 6.45) is 5.17. The normalized spacial score (nSPS) is 20.5. The van der Waals surface area contributed by atoms with E-state index < -0.39 is 5.60 Å². The molecule has 5 heterocycles. The lowest BCUT2D eigenvalue weighted by atomic mass is 9.79. The van der Waals surface area contributed by atoms with Crippen molar-refractivity contribution in [3.63, 3.8) is 0 Å². The zero-order valence-electron chi connectivity index (χ0n) is 36.6. The molecule has 2 amide bonds. The van der Waals surface area contributed by atoms with Gasteiger partial charge in [-0.05, 0) is 74.5 Å². The van der Waals surface area contributed by atoms with Gasteiger partial charge in [-0.15, -0.1) is 0 Å². The van der Waals surface area contributed by atoms with Crippen molar-refractivity contribution in [1.29, 1.82) is 0 Å². The molecule has 3 saturated heterocycles. The van der Waals surface area contributed by atoms with E-state index in [1.54, 1.807) is 18.2 Å². The van der Waals surface area contributed by atoms with Gasteiger partial charge in [-0.2, -0.15) is 0 Å². The molecular formula is C49H61ClN8O5. The lowest BCUT2D eigenvalue weighted by Gasteiger charge is -2.43. The van der Waals surface area contributed by atoms with Crippen LogP contribution in [0.3, 0.4) is 0 Å². The highest BCUT2D eigenvalue weighted by Gasteiger charge is 2.41. The summed E-state index contributed by atoms with van der Waals surface area (Å²) in [5.74, 6) is 0.872.